The molecule has 0 bridgehead atoms. The number of amides is 1. The zero-order valence-electron chi connectivity index (χ0n) is 11.3. The van der Waals surface area contributed by atoms with Gasteiger partial charge in [0.25, 0.3) is 5.91 Å². The lowest BCUT2D eigenvalue weighted by molar-refractivity contribution is 0.0715. The van der Waals surface area contributed by atoms with Gasteiger partial charge in [-0.25, -0.2) is 0 Å². The van der Waals surface area contributed by atoms with Gasteiger partial charge in [-0.15, -0.1) is 0 Å². The molecule has 3 rings (SSSR count). The van der Waals surface area contributed by atoms with Crippen LogP contribution in [-0.4, -0.2) is 37.0 Å². The van der Waals surface area contributed by atoms with Crippen molar-refractivity contribution in [2.24, 2.45) is 0 Å². The highest BCUT2D eigenvalue weighted by atomic mass is 35.5. The molecule has 6 heteroatoms. The molecule has 1 aromatic heterocycles. The Morgan fingerprint density at radius 2 is 1.67 bits per heavy atom. The summed E-state index contributed by atoms with van der Waals surface area (Å²) in [5.41, 5.74) is 0.839. The molecule has 0 atom stereocenters. The molecular weight excluding hydrogens is 311 g/mol. The van der Waals surface area contributed by atoms with Crippen molar-refractivity contribution in [3.63, 3.8) is 0 Å². The van der Waals surface area contributed by atoms with Crippen molar-refractivity contribution in [3.8, 4) is 0 Å². The lowest BCUT2D eigenvalue weighted by Crippen LogP contribution is -2.48. The quantitative estimate of drug-likeness (QED) is 0.847. The Morgan fingerprint density at radius 3 is 2.24 bits per heavy atom. The van der Waals surface area contributed by atoms with E-state index < -0.39 is 0 Å². The van der Waals surface area contributed by atoms with E-state index in [1.54, 1.807) is 17.0 Å². The number of halogens is 2. The van der Waals surface area contributed by atoms with Crippen LogP contribution in [-0.2, 0) is 0 Å². The normalized spacial score (nSPS) is 15.3. The number of hydrogen-bond donors (Lipinski definition) is 0. The Kier molecular flexibility index (Phi) is 4.08. The number of benzene rings is 1. The molecule has 1 aliphatic rings. The highest BCUT2D eigenvalue weighted by molar-refractivity contribution is 6.39. The van der Waals surface area contributed by atoms with Crippen LogP contribution in [0.2, 0.25) is 10.0 Å². The van der Waals surface area contributed by atoms with Crippen LogP contribution >= 0.6 is 23.2 Å². The predicted molar refractivity (Wildman–Crippen MR) is 83.3 cm³/mol. The van der Waals surface area contributed by atoms with Crippen LogP contribution in [0.5, 0.6) is 0 Å². The zero-order chi connectivity index (χ0) is 14.8. The number of rotatable bonds is 2. The number of para-hydroxylation sites is 1. The molecule has 0 unspecified atom stereocenters. The topological polar surface area (TPSA) is 36.7 Å². The standard InChI is InChI=1S/C15H14Cl2N2O2/c16-11-3-1-4-12(17)14(11)18-6-8-19(9-7-18)15(20)13-5-2-10-21-13/h1-5,10H,6-9H2. The van der Waals surface area contributed by atoms with Gasteiger partial charge in [-0.3, -0.25) is 4.79 Å². The zero-order valence-corrected chi connectivity index (χ0v) is 12.8. The van der Waals surface area contributed by atoms with Gasteiger partial charge in [0.05, 0.1) is 22.0 Å². The molecule has 0 N–H and O–H groups in total. The van der Waals surface area contributed by atoms with Gasteiger partial charge in [0.2, 0.25) is 0 Å². The third-order valence-corrected chi connectivity index (χ3v) is 4.16. The number of nitrogens with zero attached hydrogens (tertiary/aromatic N) is 2. The van der Waals surface area contributed by atoms with E-state index in [9.17, 15) is 4.79 Å². The summed E-state index contributed by atoms with van der Waals surface area (Å²) in [5.74, 6) is 0.295. The first-order valence-electron chi connectivity index (χ1n) is 6.68. The van der Waals surface area contributed by atoms with Crippen molar-refractivity contribution in [3.05, 3.63) is 52.4 Å². The van der Waals surface area contributed by atoms with Crippen molar-refractivity contribution in [1.82, 2.24) is 4.90 Å². The minimum atomic E-state index is -0.0788. The summed E-state index contributed by atoms with van der Waals surface area (Å²) in [6, 6.07) is 8.86. The molecule has 1 aliphatic heterocycles. The third-order valence-electron chi connectivity index (χ3n) is 3.55. The fourth-order valence-corrected chi connectivity index (χ4v) is 3.12. The molecule has 1 fully saturated rings. The first kappa shape index (κ1) is 14.3. The third kappa shape index (κ3) is 2.87. The molecule has 1 saturated heterocycles. The average molecular weight is 325 g/mol. The number of anilines is 1. The summed E-state index contributed by atoms with van der Waals surface area (Å²) in [6.45, 7) is 2.61. The molecule has 110 valence electrons. The van der Waals surface area contributed by atoms with Crippen molar-refractivity contribution in [2.75, 3.05) is 31.1 Å². The maximum atomic E-state index is 12.2. The first-order valence-corrected chi connectivity index (χ1v) is 7.44. The number of carbonyl (C=O) groups is 1. The van der Waals surface area contributed by atoms with Crippen LogP contribution in [0.15, 0.2) is 41.0 Å². The van der Waals surface area contributed by atoms with Crippen LogP contribution in [0, 0.1) is 0 Å². The SMILES string of the molecule is O=C(c1ccco1)N1CCN(c2c(Cl)cccc2Cl)CC1. The van der Waals surface area contributed by atoms with E-state index in [1.165, 1.54) is 6.26 Å². The highest BCUT2D eigenvalue weighted by Crippen LogP contribution is 2.34. The number of furan rings is 1. The summed E-state index contributed by atoms with van der Waals surface area (Å²) in [7, 11) is 0. The highest BCUT2D eigenvalue weighted by Gasteiger charge is 2.25. The fraction of sp³-hybridized carbons (Fsp3) is 0.267. The Hall–Kier alpha value is -1.65. The summed E-state index contributed by atoms with van der Waals surface area (Å²) < 4.78 is 5.15. The van der Waals surface area contributed by atoms with Crippen molar-refractivity contribution < 1.29 is 9.21 Å². The molecule has 0 radical (unpaired) electrons. The maximum absolute atomic E-state index is 12.2. The Labute approximate surface area is 132 Å². The second kappa shape index (κ2) is 6.00. The molecule has 4 nitrogen and oxygen atoms in total. The van der Waals surface area contributed by atoms with Gasteiger partial charge in [0, 0.05) is 26.2 Å². The molecule has 0 saturated carbocycles. The van der Waals surface area contributed by atoms with E-state index >= 15 is 0 Å². The minimum absolute atomic E-state index is 0.0788. The first-order chi connectivity index (χ1) is 10.2. The lowest BCUT2D eigenvalue weighted by atomic mass is 10.2. The van der Waals surface area contributed by atoms with E-state index in [4.69, 9.17) is 27.6 Å². The van der Waals surface area contributed by atoms with Gasteiger partial charge in [-0.05, 0) is 24.3 Å². The molecule has 21 heavy (non-hydrogen) atoms. The second-order valence-corrected chi connectivity index (χ2v) is 5.64. The molecule has 0 aliphatic carbocycles. The largest absolute Gasteiger partial charge is 0.459 e. The van der Waals surface area contributed by atoms with E-state index in [0.717, 1.165) is 5.69 Å². The van der Waals surface area contributed by atoms with E-state index in [0.29, 0.717) is 42.0 Å². The van der Waals surface area contributed by atoms with Gasteiger partial charge in [-0.1, -0.05) is 29.3 Å². The Bertz CT molecular complexity index is 615. The van der Waals surface area contributed by atoms with E-state index in [1.807, 2.05) is 18.2 Å². The smallest absolute Gasteiger partial charge is 0.289 e. The predicted octanol–water partition coefficient (Wildman–Crippen LogP) is 3.55. The Morgan fingerprint density at radius 1 is 1.00 bits per heavy atom. The number of carbonyl (C=O) groups excluding carboxylic acids is 1. The van der Waals surface area contributed by atoms with E-state index in [-0.39, 0.29) is 5.91 Å². The van der Waals surface area contributed by atoms with Gasteiger partial charge in [0.1, 0.15) is 0 Å². The molecular formula is C15H14Cl2N2O2. The molecule has 2 aromatic rings. The van der Waals surface area contributed by atoms with Crippen molar-refractivity contribution >= 4 is 34.8 Å². The van der Waals surface area contributed by atoms with Crippen molar-refractivity contribution in [2.45, 2.75) is 0 Å². The molecule has 2 heterocycles. The van der Waals surface area contributed by atoms with Crippen LogP contribution in [0.3, 0.4) is 0 Å². The maximum Gasteiger partial charge on any atom is 0.289 e. The van der Waals surface area contributed by atoms with Gasteiger partial charge in [-0.2, -0.15) is 0 Å². The van der Waals surface area contributed by atoms with Crippen LogP contribution < -0.4 is 4.90 Å². The summed E-state index contributed by atoms with van der Waals surface area (Å²) in [4.78, 5) is 16.1. The molecule has 0 spiro atoms. The van der Waals surface area contributed by atoms with Crippen molar-refractivity contribution in [1.29, 1.82) is 0 Å². The summed E-state index contributed by atoms with van der Waals surface area (Å²) >= 11 is 12.4. The average Bonchev–Trinajstić information content (AvgIpc) is 3.01. The lowest BCUT2D eigenvalue weighted by Gasteiger charge is -2.36. The summed E-state index contributed by atoms with van der Waals surface area (Å²) in [5, 5.41) is 1.27. The number of hydrogen-bond acceptors (Lipinski definition) is 3. The minimum Gasteiger partial charge on any atom is -0.459 e. The van der Waals surface area contributed by atoms with Gasteiger partial charge < -0.3 is 14.2 Å². The van der Waals surface area contributed by atoms with Crippen LogP contribution in [0.1, 0.15) is 10.6 Å². The second-order valence-electron chi connectivity index (χ2n) is 4.83. The monoisotopic (exact) mass is 324 g/mol. The van der Waals surface area contributed by atoms with E-state index in [2.05, 4.69) is 4.90 Å². The summed E-state index contributed by atoms with van der Waals surface area (Å²) in [6.07, 6.45) is 1.51. The number of piperazine rings is 1. The molecule has 1 amide bonds. The van der Waals surface area contributed by atoms with Gasteiger partial charge in [0.15, 0.2) is 5.76 Å². The van der Waals surface area contributed by atoms with Crippen LogP contribution in [0.4, 0.5) is 5.69 Å². The molecule has 1 aromatic carbocycles. The fourth-order valence-electron chi connectivity index (χ4n) is 2.48. The Balaban J connectivity index is 1.69. The van der Waals surface area contributed by atoms with Crippen LogP contribution in [0.25, 0.3) is 0 Å². The van der Waals surface area contributed by atoms with Gasteiger partial charge >= 0.3 is 0 Å².